The molecular formula is C22H29NO4S. The minimum Gasteiger partial charge on any atom is -0.481 e. The lowest BCUT2D eigenvalue weighted by Crippen LogP contribution is -2.40. The summed E-state index contributed by atoms with van der Waals surface area (Å²) in [7, 11) is -3.48. The SMILES string of the molecule is Cc1ccc(/C=C/S(=O)(=O)NC2CC3CC(/C=C/CCCC(=O)O)C2C3)cc1. The number of unbranched alkanes of at least 4 members (excludes halogenated alkanes) is 1. The number of rotatable bonds is 9. The fourth-order valence-electron chi connectivity index (χ4n) is 4.50. The van der Waals surface area contributed by atoms with Crippen LogP contribution in [0.1, 0.15) is 49.7 Å². The van der Waals surface area contributed by atoms with Gasteiger partial charge in [-0.2, -0.15) is 0 Å². The van der Waals surface area contributed by atoms with Gasteiger partial charge in [0.15, 0.2) is 0 Å². The minimum absolute atomic E-state index is 0.0138. The molecule has 0 heterocycles. The Balaban J connectivity index is 1.54. The number of fused-ring (bicyclic) bond motifs is 2. The zero-order valence-electron chi connectivity index (χ0n) is 16.3. The standard InChI is InChI=1S/C22H29NO4S/c1-16-7-9-17(10-8-16)11-12-28(26,27)23-21-15-18-13-19(20(21)14-18)5-3-2-4-6-22(24)25/h3,5,7-12,18-21,23H,2,4,6,13-15H2,1H3,(H,24,25)/b5-3+,12-11+. The van der Waals surface area contributed by atoms with Crippen LogP contribution in [0, 0.1) is 24.7 Å². The largest absolute Gasteiger partial charge is 0.481 e. The van der Waals surface area contributed by atoms with Crippen molar-refractivity contribution < 1.29 is 18.3 Å². The van der Waals surface area contributed by atoms with Crippen LogP contribution in [0.4, 0.5) is 0 Å². The highest BCUT2D eigenvalue weighted by molar-refractivity contribution is 7.92. The lowest BCUT2D eigenvalue weighted by Gasteiger charge is -2.27. The zero-order valence-corrected chi connectivity index (χ0v) is 17.1. The third-order valence-corrected chi connectivity index (χ3v) is 6.97. The molecule has 4 unspecified atom stereocenters. The van der Waals surface area contributed by atoms with E-state index in [0.717, 1.165) is 36.8 Å². The summed E-state index contributed by atoms with van der Waals surface area (Å²) in [6.45, 7) is 2.00. The molecule has 6 heteroatoms. The number of allylic oxidation sites excluding steroid dienone is 2. The third-order valence-electron chi connectivity index (χ3n) is 5.84. The normalized spacial score (nSPS) is 27.2. The second-order valence-corrected chi connectivity index (χ2v) is 9.70. The zero-order chi connectivity index (χ0) is 20.1. The molecule has 0 aromatic heterocycles. The molecule has 2 fully saturated rings. The molecule has 2 aliphatic carbocycles. The highest BCUT2D eigenvalue weighted by Gasteiger charge is 2.46. The summed E-state index contributed by atoms with van der Waals surface area (Å²) in [5.41, 5.74) is 2.01. The molecule has 2 bridgehead atoms. The Labute approximate surface area is 167 Å². The molecule has 0 saturated heterocycles. The molecule has 152 valence electrons. The van der Waals surface area contributed by atoms with Crippen LogP contribution in [0.15, 0.2) is 41.8 Å². The van der Waals surface area contributed by atoms with Crippen molar-refractivity contribution >= 4 is 22.1 Å². The Bertz CT molecular complexity index is 842. The minimum atomic E-state index is -3.48. The van der Waals surface area contributed by atoms with Gasteiger partial charge in [-0.05, 0) is 68.4 Å². The van der Waals surface area contributed by atoms with Gasteiger partial charge in [0.2, 0.25) is 10.0 Å². The number of aliphatic carboxylic acids is 1. The first-order valence-electron chi connectivity index (χ1n) is 9.98. The molecule has 2 aliphatic rings. The summed E-state index contributed by atoms with van der Waals surface area (Å²) in [6.07, 6.45) is 10.6. The molecule has 2 N–H and O–H groups in total. The van der Waals surface area contributed by atoms with Gasteiger partial charge in [0.1, 0.15) is 0 Å². The highest BCUT2D eigenvalue weighted by Crippen LogP contribution is 2.49. The van der Waals surface area contributed by atoms with Gasteiger partial charge in [-0.1, -0.05) is 42.0 Å². The first kappa shape index (κ1) is 20.8. The second-order valence-electron chi connectivity index (χ2n) is 8.10. The first-order chi connectivity index (χ1) is 13.3. The average Bonchev–Trinajstić information content (AvgIpc) is 3.20. The Kier molecular flexibility index (Phi) is 6.73. The molecule has 2 saturated carbocycles. The Morgan fingerprint density at radius 1 is 1.21 bits per heavy atom. The topological polar surface area (TPSA) is 83.5 Å². The summed E-state index contributed by atoms with van der Waals surface area (Å²) in [5, 5.41) is 9.95. The van der Waals surface area contributed by atoms with E-state index in [9.17, 15) is 13.2 Å². The van der Waals surface area contributed by atoms with Gasteiger partial charge in [0.05, 0.1) is 0 Å². The predicted molar refractivity (Wildman–Crippen MR) is 111 cm³/mol. The maximum Gasteiger partial charge on any atom is 0.303 e. The maximum absolute atomic E-state index is 12.5. The van der Waals surface area contributed by atoms with Crippen LogP contribution < -0.4 is 4.72 Å². The lowest BCUT2D eigenvalue weighted by atomic mass is 9.85. The maximum atomic E-state index is 12.5. The number of carbonyl (C=O) groups is 1. The Morgan fingerprint density at radius 2 is 1.96 bits per heavy atom. The number of nitrogens with one attached hydrogen (secondary N) is 1. The van der Waals surface area contributed by atoms with E-state index >= 15 is 0 Å². The van der Waals surface area contributed by atoms with Crippen molar-refractivity contribution in [1.82, 2.24) is 4.72 Å². The van der Waals surface area contributed by atoms with E-state index in [1.807, 2.05) is 31.2 Å². The lowest BCUT2D eigenvalue weighted by molar-refractivity contribution is -0.137. The van der Waals surface area contributed by atoms with E-state index in [0.29, 0.717) is 24.2 Å². The third kappa shape index (κ3) is 5.79. The van der Waals surface area contributed by atoms with Crippen molar-refractivity contribution in [3.63, 3.8) is 0 Å². The van der Waals surface area contributed by atoms with Gasteiger partial charge < -0.3 is 5.11 Å². The molecule has 4 atom stereocenters. The van der Waals surface area contributed by atoms with Crippen molar-refractivity contribution in [2.45, 2.75) is 51.5 Å². The predicted octanol–water partition coefficient (Wildman–Crippen LogP) is 4.11. The van der Waals surface area contributed by atoms with Crippen LogP contribution in [0.5, 0.6) is 0 Å². The van der Waals surface area contributed by atoms with Gasteiger partial charge in [-0.15, -0.1) is 0 Å². The van der Waals surface area contributed by atoms with Crippen molar-refractivity contribution in [1.29, 1.82) is 0 Å². The molecule has 5 nitrogen and oxygen atoms in total. The van der Waals surface area contributed by atoms with Crippen LogP contribution in [0.25, 0.3) is 6.08 Å². The number of aryl methyl sites for hydroxylation is 1. The fourth-order valence-corrected chi connectivity index (χ4v) is 5.61. The quantitative estimate of drug-likeness (QED) is 0.480. The molecule has 1 aromatic carbocycles. The van der Waals surface area contributed by atoms with Gasteiger partial charge in [-0.25, -0.2) is 13.1 Å². The van der Waals surface area contributed by atoms with Crippen molar-refractivity contribution in [3.8, 4) is 0 Å². The average molecular weight is 404 g/mol. The molecule has 0 aliphatic heterocycles. The summed E-state index contributed by atoms with van der Waals surface area (Å²) >= 11 is 0. The van der Waals surface area contributed by atoms with E-state index in [2.05, 4.69) is 16.9 Å². The molecule has 1 aromatic rings. The molecule has 0 amide bonds. The van der Waals surface area contributed by atoms with Gasteiger partial charge in [0.25, 0.3) is 0 Å². The summed E-state index contributed by atoms with van der Waals surface area (Å²) in [4.78, 5) is 10.6. The van der Waals surface area contributed by atoms with Crippen LogP contribution in [-0.2, 0) is 14.8 Å². The number of hydrogen-bond donors (Lipinski definition) is 2. The fraction of sp³-hybridized carbons (Fsp3) is 0.500. The van der Waals surface area contributed by atoms with Crippen LogP contribution in [0.2, 0.25) is 0 Å². The molecule has 28 heavy (non-hydrogen) atoms. The van der Waals surface area contributed by atoms with E-state index in [1.54, 1.807) is 6.08 Å². The highest BCUT2D eigenvalue weighted by atomic mass is 32.2. The Morgan fingerprint density at radius 3 is 2.64 bits per heavy atom. The van der Waals surface area contributed by atoms with E-state index in [-0.39, 0.29) is 12.5 Å². The monoisotopic (exact) mass is 403 g/mol. The Hall–Kier alpha value is -1.92. The number of carboxylic acid groups (broad SMARTS) is 1. The van der Waals surface area contributed by atoms with Crippen molar-refractivity contribution in [2.75, 3.05) is 0 Å². The van der Waals surface area contributed by atoms with Crippen molar-refractivity contribution in [3.05, 3.63) is 53.0 Å². The number of carboxylic acids is 1. The summed E-state index contributed by atoms with van der Waals surface area (Å²) in [5.74, 6) is 0.537. The van der Waals surface area contributed by atoms with Crippen LogP contribution in [-0.4, -0.2) is 25.5 Å². The smallest absolute Gasteiger partial charge is 0.303 e. The molecule has 0 spiro atoms. The molecular weight excluding hydrogens is 374 g/mol. The second kappa shape index (κ2) is 9.05. The first-order valence-corrected chi connectivity index (χ1v) is 11.5. The summed E-state index contributed by atoms with van der Waals surface area (Å²) in [6, 6.07) is 7.72. The van der Waals surface area contributed by atoms with Gasteiger partial charge in [-0.3, -0.25) is 4.79 Å². The summed E-state index contributed by atoms with van der Waals surface area (Å²) < 4.78 is 27.9. The van der Waals surface area contributed by atoms with Crippen LogP contribution in [0.3, 0.4) is 0 Å². The van der Waals surface area contributed by atoms with E-state index in [1.165, 1.54) is 5.41 Å². The number of sulfonamides is 1. The molecule has 0 radical (unpaired) electrons. The van der Waals surface area contributed by atoms with Crippen LogP contribution >= 0.6 is 0 Å². The van der Waals surface area contributed by atoms with E-state index < -0.39 is 16.0 Å². The van der Waals surface area contributed by atoms with Gasteiger partial charge in [0, 0.05) is 17.9 Å². The van der Waals surface area contributed by atoms with E-state index in [4.69, 9.17) is 5.11 Å². The molecule has 3 rings (SSSR count). The van der Waals surface area contributed by atoms with Gasteiger partial charge >= 0.3 is 5.97 Å². The number of hydrogen-bond acceptors (Lipinski definition) is 3. The van der Waals surface area contributed by atoms with Crippen molar-refractivity contribution in [2.24, 2.45) is 17.8 Å². The number of benzene rings is 1.